The van der Waals surface area contributed by atoms with Crippen molar-refractivity contribution in [1.82, 2.24) is 24.5 Å². The van der Waals surface area contributed by atoms with Crippen LogP contribution < -0.4 is 21.5 Å². The average Bonchev–Trinajstić information content (AvgIpc) is 3.36. The number of carbonyl (C=O) groups excluding carboxylic acids is 1. The molecule has 0 radical (unpaired) electrons. The fourth-order valence-corrected chi connectivity index (χ4v) is 4.49. The molecule has 1 amide bonds. The Morgan fingerprint density at radius 1 is 1.32 bits per heavy atom. The number of hydrogen-bond donors (Lipinski definition) is 3. The van der Waals surface area contributed by atoms with Crippen LogP contribution >= 0.6 is 0 Å². The maximum Gasteiger partial charge on any atom is 0.274 e. The molecule has 0 aliphatic heterocycles. The number of nitrogens with zero attached hydrogens (tertiary/aromatic N) is 5. The smallest absolute Gasteiger partial charge is 0.274 e. The fraction of sp³-hybridized carbons (Fsp3) is 0.435. The van der Waals surface area contributed by atoms with E-state index in [1.807, 2.05) is 0 Å². The predicted molar refractivity (Wildman–Crippen MR) is 124 cm³/mol. The van der Waals surface area contributed by atoms with Crippen molar-refractivity contribution in [3.05, 3.63) is 46.5 Å². The third-order valence-electron chi connectivity index (χ3n) is 6.46. The second-order valence-electron chi connectivity index (χ2n) is 8.81. The van der Waals surface area contributed by atoms with Gasteiger partial charge in [0, 0.05) is 37.7 Å². The molecule has 3 heterocycles. The molecule has 0 bridgehead atoms. The third-order valence-corrected chi connectivity index (χ3v) is 6.46. The minimum Gasteiger partial charge on any atom is -0.373 e. The monoisotopic (exact) mass is 464 g/mol. The lowest BCUT2D eigenvalue weighted by Gasteiger charge is -2.27. The second kappa shape index (κ2) is 8.78. The van der Waals surface area contributed by atoms with Crippen LogP contribution in [0, 0.1) is 17.2 Å². The molecule has 176 valence electrons. The minimum atomic E-state index is -1.02. The van der Waals surface area contributed by atoms with E-state index in [1.165, 1.54) is 10.7 Å². The molecule has 34 heavy (non-hydrogen) atoms. The summed E-state index contributed by atoms with van der Waals surface area (Å²) in [4.78, 5) is 30.4. The molecular formula is C23H25FN8O2. The molecule has 0 spiro atoms. The summed E-state index contributed by atoms with van der Waals surface area (Å²) in [6, 6.07) is 6.97. The predicted octanol–water partition coefficient (Wildman–Crippen LogP) is 2.77. The van der Waals surface area contributed by atoms with E-state index in [1.54, 1.807) is 36.0 Å². The lowest BCUT2D eigenvalue weighted by atomic mass is 9.86. The quantitative estimate of drug-likeness (QED) is 0.512. The van der Waals surface area contributed by atoms with Crippen LogP contribution in [-0.4, -0.2) is 44.3 Å². The van der Waals surface area contributed by atoms with Crippen molar-refractivity contribution in [3.63, 3.8) is 0 Å². The van der Waals surface area contributed by atoms with Crippen LogP contribution in [0.25, 0.3) is 5.65 Å². The van der Waals surface area contributed by atoms with Crippen molar-refractivity contribution in [3.8, 4) is 6.07 Å². The van der Waals surface area contributed by atoms with Crippen molar-refractivity contribution in [1.29, 1.82) is 5.26 Å². The molecule has 2 fully saturated rings. The van der Waals surface area contributed by atoms with Gasteiger partial charge in [-0.2, -0.15) is 14.9 Å². The first-order valence-electron chi connectivity index (χ1n) is 11.4. The molecule has 0 saturated heterocycles. The summed E-state index contributed by atoms with van der Waals surface area (Å²) < 4.78 is 16.4. The summed E-state index contributed by atoms with van der Waals surface area (Å²) in [5, 5.41) is 22.3. The molecule has 1 unspecified atom stereocenters. The highest BCUT2D eigenvalue weighted by Crippen LogP contribution is 2.31. The van der Waals surface area contributed by atoms with E-state index in [9.17, 15) is 19.2 Å². The Kier molecular flexibility index (Phi) is 5.65. The zero-order valence-electron chi connectivity index (χ0n) is 18.7. The molecule has 5 rings (SSSR count). The van der Waals surface area contributed by atoms with E-state index in [0.717, 1.165) is 19.3 Å². The van der Waals surface area contributed by atoms with Gasteiger partial charge in [-0.3, -0.25) is 9.59 Å². The van der Waals surface area contributed by atoms with Gasteiger partial charge in [0.1, 0.15) is 29.1 Å². The fourth-order valence-electron chi connectivity index (χ4n) is 4.49. The van der Waals surface area contributed by atoms with Crippen LogP contribution in [0.1, 0.15) is 48.5 Å². The highest BCUT2D eigenvalue weighted by Gasteiger charge is 2.39. The standard InChI is InChI=1S/C23H25FN8O2/c1-26-20-10-19(30-21-15(12-27-32(20)21)22(33)29-18-9-16(18)24)28-17-6-3-7-31(23(17)34)14-5-2-4-13(8-14)11-25/h3,6-7,10,12-14,16,18,26H,2,4-5,8-9H2,1H3,(H,28,30)(H,29,33)/t13?,14-,16-,18+/m0/s1. The number of pyridine rings is 1. The molecule has 3 N–H and O–H groups in total. The Hall–Kier alpha value is -3.94. The van der Waals surface area contributed by atoms with Crippen LogP contribution in [0.3, 0.4) is 0 Å². The zero-order valence-corrected chi connectivity index (χ0v) is 18.7. The molecule has 3 aromatic heterocycles. The summed E-state index contributed by atoms with van der Waals surface area (Å²) in [5.41, 5.74) is 0.634. The first-order chi connectivity index (χ1) is 16.5. The molecule has 3 aromatic rings. The van der Waals surface area contributed by atoms with Crippen molar-refractivity contribution >= 4 is 28.9 Å². The number of amides is 1. The first kappa shape index (κ1) is 21.9. The normalized spacial score (nSPS) is 23.8. The molecular weight excluding hydrogens is 439 g/mol. The topological polar surface area (TPSA) is 129 Å². The number of halogens is 1. The highest BCUT2D eigenvalue weighted by molar-refractivity contribution is 6.00. The maximum absolute atomic E-state index is 13.2. The van der Waals surface area contributed by atoms with E-state index in [2.05, 4.69) is 32.1 Å². The minimum absolute atomic E-state index is 0.0251. The van der Waals surface area contributed by atoms with Crippen molar-refractivity contribution < 1.29 is 9.18 Å². The van der Waals surface area contributed by atoms with E-state index >= 15 is 0 Å². The first-order valence-corrected chi connectivity index (χ1v) is 11.4. The number of nitriles is 1. The van der Waals surface area contributed by atoms with Gasteiger partial charge < -0.3 is 20.5 Å². The Bertz CT molecular complexity index is 1340. The molecule has 11 heteroatoms. The van der Waals surface area contributed by atoms with Gasteiger partial charge in [0.2, 0.25) is 0 Å². The van der Waals surface area contributed by atoms with Crippen LogP contribution in [0.4, 0.5) is 21.7 Å². The summed E-state index contributed by atoms with van der Waals surface area (Å²) in [6.45, 7) is 0. The van der Waals surface area contributed by atoms with Gasteiger partial charge in [-0.15, -0.1) is 0 Å². The Labute approximate surface area is 194 Å². The number of alkyl halides is 1. The average molecular weight is 465 g/mol. The van der Waals surface area contributed by atoms with Crippen LogP contribution in [0.15, 0.2) is 35.4 Å². The molecule has 2 saturated carbocycles. The van der Waals surface area contributed by atoms with Crippen LogP contribution in [0.2, 0.25) is 0 Å². The van der Waals surface area contributed by atoms with Crippen molar-refractivity contribution in [2.45, 2.75) is 50.4 Å². The Balaban J connectivity index is 1.46. The molecule has 2 aliphatic carbocycles. The third kappa shape index (κ3) is 4.07. The summed E-state index contributed by atoms with van der Waals surface area (Å²) in [5.74, 6) is 0.425. The number of rotatable bonds is 6. The van der Waals surface area contributed by atoms with E-state index in [0.29, 0.717) is 30.2 Å². The number of aromatic nitrogens is 4. The molecule has 2 aliphatic rings. The van der Waals surface area contributed by atoms with Gasteiger partial charge in [0.15, 0.2) is 5.65 Å². The highest BCUT2D eigenvalue weighted by atomic mass is 19.1. The van der Waals surface area contributed by atoms with Gasteiger partial charge in [-0.25, -0.2) is 9.37 Å². The van der Waals surface area contributed by atoms with E-state index in [-0.39, 0.29) is 28.7 Å². The van der Waals surface area contributed by atoms with E-state index < -0.39 is 18.1 Å². The van der Waals surface area contributed by atoms with Crippen molar-refractivity contribution in [2.75, 3.05) is 17.7 Å². The Morgan fingerprint density at radius 3 is 2.88 bits per heavy atom. The van der Waals surface area contributed by atoms with Crippen molar-refractivity contribution in [2.24, 2.45) is 5.92 Å². The van der Waals surface area contributed by atoms with Gasteiger partial charge in [-0.05, 0) is 31.4 Å². The van der Waals surface area contributed by atoms with Crippen LogP contribution in [0.5, 0.6) is 0 Å². The number of hydrogen-bond acceptors (Lipinski definition) is 7. The molecule has 10 nitrogen and oxygen atoms in total. The van der Waals surface area contributed by atoms with Crippen LogP contribution in [-0.2, 0) is 0 Å². The number of nitrogens with one attached hydrogen (secondary N) is 3. The summed E-state index contributed by atoms with van der Waals surface area (Å²) in [7, 11) is 1.71. The lowest BCUT2D eigenvalue weighted by molar-refractivity contribution is 0.0949. The molecule has 4 atom stereocenters. The molecule has 0 aromatic carbocycles. The number of anilines is 3. The summed E-state index contributed by atoms with van der Waals surface area (Å²) in [6.07, 6.45) is 5.72. The Morgan fingerprint density at radius 2 is 2.15 bits per heavy atom. The lowest BCUT2D eigenvalue weighted by Crippen LogP contribution is -2.29. The second-order valence-corrected chi connectivity index (χ2v) is 8.81. The van der Waals surface area contributed by atoms with Gasteiger partial charge >= 0.3 is 0 Å². The summed E-state index contributed by atoms with van der Waals surface area (Å²) >= 11 is 0. The maximum atomic E-state index is 13.2. The van der Waals surface area contributed by atoms with Gasteiger partial charge in [0.05, 0.1) is 18.3 Å². The zero-order chi connectivity index (χ0) is 23.8. The van der Waals surface area contributed by atoms with Gasteiger partial charge in [0.25, 0.3) is 11.5 Å². The number of fused-ring (bicyclic) bond motifs is 1. The number of carbonyl (C=O) groups is 1. The SMILES string of the molecule is CNc1cc(Nc2cccn([C@H]3CCCC(C#N)C3)c2=O)nc2c(C(=O)N[C@@H]3C[C@@H]3F)cnn12. The van der Waals surface area contributed by atoms with Gasteiger partial charge in [-0.1, -0.05) is 6.42 Å². The largest absolute Gasteiger partial charge is 0.373 e. The van der Waals surface area contributed by atoms with E-state index in [4.69, 9.17) is 0 Å².